The van der Waals surface area contributed by atoms with Crippen LogP contribution in [0, 0.1) is 0 Å². The van der Waals surface area contributed by atoms with E-state index in [2.05, 4.69) is 45.5 Å². The number of hydrogen-bond acceptors (Lipinski definition) is 4. The van der Waals surface area contributed by atoms with Crippen LogP contribution in [0.4, 0.5) is 0 Å². The summed E-state index contributed by atoms with van der Waals surface area (Å²) in [5.41, 5.74) is 3.05. The van der Waals surface area contributed by atoms with Crippen LogP contribution in [-0.2, 0) is 6.54 Å². The van der Waals surface area contributed by atoms with E-state index in [9.17, 15) is 0 Å². The zero-order valence-electron chi connectivity index (χ0n) is 12.7. The quantitative estimate of drug-likeness (QED) is 0.867. The first-order chi connectivity index (χ1) is 10.9. The summed E-state index contributed by atoms with van der Waals surface area (Å²) in [7, 11) is 0. The van der Waals surface area contributed by atoms with Gasteiger partial charge in [-0.25, -0.2) is 4.98 Å². The van der Waals surface area contributed by atoms with Crippen molar-refractivity contribution in [2.45, 2.75) is 37.4 Å². The zero-order valence-corrected chi connectivity index (χ0v) is 13.6. The molecule has 2 saturated heterocycles. The number of rotatable bonds is 3. The van der Waals surface area contributed by atoms with E-state index in [1.54, 1.807) is 11.3 Å². The Morgan fingerprint density at radius 2 is 2.05 bits per heavy atom. The molecule has 0 N–H and O–H groups in total. The molecule has 0 amide bonds. The predicted octanol–water partition coefficient (Wildman–Crippen LogP) is 3.23. The van der Waals surface area contributed by atoms with Gasteiger partial charge >= 0.3 is 0 Å². The molecule has 3 fully saturated rings. The van der Waals surface area contributed by atoms with Gasteiger partial charge in [-0.2, -0.15) is 0 Å². The van der Waals surface area contributed by atoms with E-state index in [1.165, 1.54) is 50.2 Å². The van der Waals surface area contributed by atoms with Crippen LogP contribution in [0.5, 0.6) is 0 Å². The van der Waals surface area contributed by atoms with Gasteiger partial charge in [-0.15, -0.1) is 11.3 Å². The summed E-state index contributed by atoms with van der Waals surface area (Å²) in [6.07, 6.45) is 4.22. The Bertz CT molecular complexity index is 679. The topological polar surface area (TPSA) is 19.4 Å². The van der Waals surface area contributed by atoms with Gasteiger partial charge in [-0.1, -0.05) is 30.3 Å². The molecule has 1 saturated carbocycles. The summed E-state index contributed by atoms with van der Waals surface area (Å²) in [6.45, 7) is 4.83. The van der Waals surface area contributed by atoms with E-state index in [1.807, 2.05) is 0 Å². The molecule has 1 aromatic heterocycles. The molecule has 5 rings (SSSR count). The average molecular weight is 311 g/mol. The van der Waals surface area contributed by atoms with Crippen molar-refractivity contribution < 1.29 is 0 Å². The molecule has 4 heteroatoms. The van der Waals surface area contributed by atoms with E-state index in [0.717, 1.165) is 17.6 Å². The maximum atomic E-state index is 4.88. The van der Waals surface area contributed by atoms with Crippen molar-refractivity contribution in [3.05, 3.63) is 41.4 Å². The van der Waals surface area contributed by atoms with Crippen molar-refractivity contribution in [1.29, 1.82) is 0 Å². The number of hydrogen-bond donors (Lipinski definition) is 0. The molecule has 2 atom stereocenters. The van der Waals surface area contributed by atoms with Gasteiger partial charge in [-0.3, -0.25) is 9.80 Å². The van der Waals surface area contributed by atoms with Gasteiger partial charge in [0.1, 0.15) is 5.01 Å². The molecule has 1 aliphatic carbocycles. The van der Waals surface area contributed by atoms with Crippen LogP contribution in [0.1, 0.15) is 25.0 Å². The Hall–Kier alpha value is -1.23. The average Bonchev–Trinajstić information content (AvgIpc) is 2.93. The fourth-order valence-corrected chi connectivity index (χ4v) is 5.39. The Labute approximate surface area is 135 Å². The minimum Gasteiger partial charge on any atom is -0.295 e. The van der Waals surface area contributed by atoms with E-state index in [-0.39, 0.29) is 0 Å². The normalized spacial score (nSPS) is 31.0. The van der Waals surface area contributed by atoms with Crippen molar-refractivity contribution in [3.8, 4) is 10.6 Å². The highest BCUT2D eigenvalue weighted by molar-refractivity contribution is 7.13. The first-order valence-corrected chi connectivity index (χ1v) is 9.22. The largest absolute Gasteiger partial charge is 0.295 e. The van der Waals surface area contributed by atoms with Gasteiger partial charge in [0.2, 0.25) is 0 Å². The molecular weight excluding hydrogens is 290 g/mol. The summed E-state index contributed by atoms with van der Waals surface area (Å²) < 4.78 is 0. The molecule has 3 aliphatic rings. The van der Waals surface area contributed by atoms with Crippen LogP contribution in [0.3, 0.4) is 0 Å². The molecule has 2 unspecified atom stereocenters. The van der Waals surface area contributed by atoms with Gasteiger partial charge in [0.25, 0.3) is 0 Å². The minimum atomic E-state index is 0.566. The van der Waals surface area contributed by atoms with Crippen molar-refractivity contribution in [1.82, 2.24) is 14.8 Å². The Balaban J connectivity index is 1.33. The molecule has 1 aromatic carbocycles. The molecule has 0 bridgehead atoms. The van der Waals surface area contributed by atoms with Crippen LogP contribution in [0.2, 0.25) is 0 Å². The SMILES string of the molecule is c1ccc(-c2nc(CN3CCN4CCC45CCC35)cs2)cc1. The highest BCUT2D eigenvalue weighted by Gasteiger charge is 2.59. The second-order valence-electron chi connectivity index (χ2n) is 6.88. The Morgan fingerprint density at radius 1 is 1.14 bits per heavy atom. The van der Waals surface area contributed by atoms with Crippen molar-refractivity contribution in [2.24, 2.45) is 0 Å². The lowest BCUT2D eigenvalue weighted by Gasteiger charge is -2.69. The highest BCUT2D eigenvalue weighted by Crippen LogP contribution is 2.51. The minimum absolute atomic E-state index is 0.566. The van der Waals surface area contributed by atoms with Crippen molar-refractivity contribution in [2.75, 3.05) is 19.6 Å². The first-order valence-electron chi connectivity index (χ1n) is 8.34. The van der Waals surface area contributed by atoms with Gasteiger partial charge in [-0.05, 0) is 19.3 Å². The smallest absolute Gasteiger partial charge is 0.123 e. The molecule has 0 radical (unpaired) electrons. The third kappa shape index (κ3) is 1.84. The molecule has 2 aliphatic heterocycles. The standard InChI is InChI=1S/C18H21N3S/c1-2-4-14(5-3-1)17-19-15(13-22-17)12-20-10-11-21-9-8-18(21)7-6-16(18)20/h1-5,13,16H,6-12H2. The lowest BCUT2D eigenvalue weighted by molar-refractivity contribution is -0.176. The number of nitrogens with zero attached hydrogens (tertiary/aromatic N) is 3. The second-order valence-corrected chi connectivity index (χ2v) is 7.73. The number of aromatic nitrogens is 1. The van der Waals surface area contributed by atoms with Crippen molar-refractivity contribution >= 4 is 11.3 Å². The third-order valence-electron chi connectivity index (χ3n) is 5.95. The van der Waals surface area contributed by atoms with Crippen LogP contribution < -0.4 is 0 Å². The van der Waals surface area contributed by atoms with E-state index in [4.69, 9.17) is 4.98 Å². The van der Waals surface area contributed by atoms with Crippen LogP contribution in [-0.4, -0.2) is 46.0 Å². The van der Waals surface area contributed by atoms with E-state index < -0.39 is 0 Å². The summed E-state index contributed by atoms with van der Waals surface area (Å²) in [5, 5.41) is 3.40. The summed E-state index contributed by atoms with van der Waals surface area (Å²) in [6, 6.07) is 11.3. The predicted molar refractivity (Wildman–Crippen MR) is 89.9 cm³/mol. The summed E-state index contributed by atoms with van der Waals surface area (Å²) >= 11 is 1.78. The van der Waals surface area contributed by atoms with Crippen LogP contribution in [0.25, 0.3) is 10.6 Å². The number of thiazole rings is 1. The summed E-state index contributed by atoms with van der Waals surface area (Å²) in [5.74, 6) is 0. The van der Waals surface area contributed by atoms with Gasteiger partial charge in [0.15, 0.2) is 0 Å². The van der Waals surface area contributed by atoms with Crippen molar-refractivity contribution in [3.63, 3.8) is 0 Å². The van der Waals surface area contributed by atoms with Gasteiger partial charge in [0.05, 0.1) is 5.69 Å². The summed E-state index contributed by atoms with van der Waals surface area (Å²) in [4.78, 5) is 10.3. The Kier molecular flexibility index (Phi) is 2.94. The molecule has 3 heterocycles. The molecule has 1 spiro atoms. The van der Waals surface area contributed by atoms with Crippen LogP contribution >= 0.6 is 11.3 Å². The number of benzene rings is 1. The second kappa shape index (κ2) is 4.88. The zero-order chi connectivity index (χ0) is 14.6. The third-order valence-corrected chi connectivity index (χ3v) is 6.89. The van der Waals surface area contributed by atoms with Gasteiger partial charge < -0.3 is 0 Å². The number of piperazine rings is 1. The maximum absolute atomic E-state index is 4.88. The van der Waals surface area contributed by atoms with Gasteiger partial charge in [0, 0.05) is 48.7 Å². The Morgan fingerprint density at radius 3 is 2.77 bits per heavy atom. The molecule has 2 aromatic rings. The lowest BCUT2D eigenvalue weighted by atomic mass is 9.61. The molecular formula is C18H21N3S. The molecule has 22 heavy (non-hydrogen) atoms. The molecule has 114 valence electrons. The van der Waals surface area contributed by atoms with E-state index in [0.29, 0.717) is 5.54 Å². The first kappa shape index (κ1) is 13.2. The fraction of sp³-hybridized carbons (Fsp3) is 0.500. The molecule has 3 nitrogen and oxygen atoms in total. The maximum Gasteiger partial charge on any atom is 0.123 e. The lowest BCUT2D eigenvalue weighted by Crippen LogP contribution is -2.79. The fourth-order valence-electron chi connectivity index (χ4n) is 4.58. The van der Waals surface area contributed by atoms with Crippen LogP contribution in [0.15, 0.2) is 35.7 Å². The highest BCUT2D eigenvalue weighted by atomic mass is 32.1. The van der Waals surface area contributed by atoms with E-state index >= 15 is 0 Å². The monoisotopic (exact) mass is 311 g/mol.